The third kappa shape index (κ3) is 3.82. The van der Waals surface area contributed by atoms with Crippen LogP contribution in [-0.2, 0) is 4.74 Å². The molecule has 88 valence electrons. The summed E-state index contributed by atoms with van der Waals surface area (Å²) in [6.07, 6.45) is 2.94. The number of amides is 1. The van der Waals surface area contributed by atoms with Gasteiger partial charge in [0.1, 0.15) is 11.5 Å². The van der Waals surface area contributed by atoms with Gasteiger partial charge < -0.3 is 15.4 Å². The molecule has 6 nitrogen and oxygen atoms in total. The van der Waals surface area contributed by atoms with Crippen LogP contribution in [0.15, 0.2) is 12.4 Å². The molecule has 0 bridgehead atoms. The minimum atomic E-state index is -0.241. The molecule has 1 aromatic rings. The van der Waals surface area contributed by atoms with Crippen molar-refractivity contribution in [3.8, 4) is 0 Å². The van der Waals surface area contributed by atoms with Crippen LogP contribution in [0.1, 0.15) is 17.4 Å². The van der Waals surface area contributed by atoms with Gasteiger partial charge in [0.2, 0.25) is 0 Å². The molecule has 0 spiro atoms. The van der Waals surface area contributed by atoms with Crippen LogP contribution >= 0.6 is 0 Å². The Bertz CT molecular complexity index is 326. The average molecular weight is 224 g/mol. The normalized spacial score (nSPS) is 9.88. The Morgan fingerprint density at radius 2 is 2.25 bits per heavy atom. The largest absolute Gasteiger partial charge is 0.380 e. The van der Waals surface area contributed by atoms with E-state index in [1.54, 1.807) is 7.05 Å². The first-order chi connectivity index (χ1) is 7.77. The van der Waals surface area contributed by atoms with E-state index >= 15 is 0 Å². The summed E-state index contributed by atoms with van der Waals surface area (Å²) >= 11 is 0. The number of aromatic nitrogens is 2. The molecule has 0 saturated heterocycles. The molecule has 0 radical (unpaired) electrons. The van der Waals surface area contributed by atoms with Crippen LogP contribution in [0.5, 0.6) is 0 Å². The van der Waals surface area contributed by atoms with Crippen molar-refractivity contribution in [2.75, 3.05) is 32.1 Å². The predicted octanol–water partition coefficient (Wildman–Crippen LogP) is 0.285. The van der Waals surface area contributed by atoms with Gasteiger partial charge in [-0.05, 0) is 6.92 Å². The predicted molar refractivity (Wildman–Crippen MR) is 60.4 cm³/mol. The van der Waals surface area contributed by atoms with Crippen molar-refractivity contribution in [1.82, 2.24) is 15.3 Å². The zero-order valence-corrected chi connectivity index (χ0v) is 9.49. The Morgan fingerprint density at radius 3 is 2.81 bits per heavy atom. The Kier molecular flexibility index (Phi) is 5.21. The van der Waals surface area contributed by atoms with Crippen LogP contribution < -0.4 is 10.6 Å². The number of anilines is 1. The minimum Gasteiger partial charge on any atom is -0.380 e. The number of hydrogen-bond donors (Lipinski definition) is 2. The lowest BCUT2D eigenvalue weighted by molar-refractivity contribution is 0.0917. The number of hydrogen-bond acceptors (Lipinski definition) is 5. The lowest BCUT2D eigenvalue weighted by Crippen LogP contribution is -2.28. The highest BCUT2D eigenvalue weighted by Crippen LogP contribution is 1.98. The molecule has 0 aliphatic rings. The first kappa shape index (κ1) is 12.4. The second-order valence-corrected chi connectivity index (χ2v) is 2.99. The average Bonchev–Trinajstić information content (AvgIpc) is 2.34. The fraction of sp³-hybridized carbons (Fsp3) is 0.500. The van der Waals surface area contributed by atoms with Crippen LogP contribution in [0.3, 0.4) is 0 Å². The van der Waals surface area contributed by atoms with Crippen molar-refractivity contribution in [2.24, 2.45) is 0 Å². The molecule has 0 unspecified atom stereocenters. The van der Waals surface area contributed by atoms with Crippen LogP contribution in [0.25, 0.3) is 0 Å². The van der Waals surface area contributed by atoms with Gasteiger partial charge in [0.05, 0.1) is 19.0 Å². The fourth-order valence-electron chi connectivity index (χ4n) is 1.05. The molecule has 0 aliphatic heterocycles. The third-order valence-electron chi connectivity index (χ3n) is 1.88. The molecule has 0 saturated carbocycles. The molecule has 1 aromatic heterocycles. The van der Waals surface area contributed by atoms with Crippen molar-refractivity contribution in [3.05, 3.63) is 18.1 Å². The highest BCUT2D eigenvalue weighted by atomic mass is 16.5. The molecule has 1 amide bonds. The van der Waals surface area contributed by atoms with Gasteiger partial charge in [0.15, 0.2) is 0 Å². The van der Waals surface area contributed by atoms with Gasteiger partial charge in [-0.25, -0.2) is 9.97 Å². The number of carbonyl (C=O) groups excluding carboxylic acids is 1. The second-order valence-electron chi connectivity index (χ2n) is 2.99. The van der Waals surface area contributed by atoms with Crippen LogP contribution in [0.2, 0.25) is 0 Å². The third-order valence-corrected chi connectivity index (χ3v) is 1.88. The van der Waals surface area contributed by atoms with E-state index in [1.165, 1.54) is 12.4 Å². The summed E-state index contributed by atoms with van der Waals surface area (Å²) in [5.74, 6) is 0.390. The zero-order chi connectivity index (χ0) is 11.8. The quantitative estimate of drug-likeness (QED) is 0.679. The van der Waals surface area contributed by atoms with E-state index in [0.29, 0.717) is 31.3 Å². The van der Waals surface area contributed by atoms with Gasteiger partial charge >= 0.3 is 0 Å². The summed E-state index contributed by atoms with van der Waals surface area (Å²) in [6, 6.07) is 0. The van der Waals surface area contributed by atoms with Gasteiger partial charge in [0, 0.05) is 20.2 Å². The Morgan fingerprint density at radius 1 is 1.44 bits per heavy atom. The summed E-state index contributed by atoms with van der Waals surface area (Å²) in [6.45, 7) is 3.53. The minimum absolute atomic E-state index is 0.241. The molecule has 0 atom stereocenters. The molecule has 6 heteroatoms. The van der Waals surface area contributed by atoms with E-state index in [1.807, 2.05) is 6.92 Å². The first-order valence-electron chi connectivity index (χ1n) is 5.13. The lowest BCUT2D eigenvalue weighted by Gasteiger charge is -2.04. The molecule has 0 aliphatic carbocycles. The van der Waals surface area contributed by atoms with E-state index in [4.69, 9.17) is 4.74 Å². The van der Waals surface area contributed by atoms with Crippen molar-refractivity contribution in [2.45, 2.75) is 6.92 Å². The number of nitrogens with zero attached hydrogens (tertiary/aromatic N) is 2. The highest BCUT2D eigenvalue weighted by molar-refractivity contribution is 5.91. The van der Waals surface area contributed by atoms with E-state index in [0.717, 1.165) is 0 Å². The summed E-state index contributed by atoms with van der Waals surface area (Å²) in [5.41, 5.74) is 0.301. The summed E-state index contributed by atoms with van der Waals surface area (Å²) in [5, 5.41) is 5.51. The Hall–Kier alpha value is -1.69. The number of ether oxygens (including phenoxy) is 1. The van der Waals surface area contributed by atoms with Crippen LogP contribution in [0.4, 0.5) is 5.82 Å². The standard InChI is InChI=1S/C10H16N4O2/c1-3-16-5-4-12-10(15)8-6-14-9(11-2)7-13-8/h6-7H,3-5H2,1-2H3,(H,11,14)(H,12,15). The summed E-state index contributed by atoms with van der Waals surface area (Å²) in [4.78, 5) is 19.5. The molecule has 1 heterocycles. The van der Waals surface area contributed by atoms with E-state index < -0.39 is 0 Å². The monoisotopic (exact) mass is 224 g/mol. The van der Waals surface area contributed by atoms with Gasteiger partial charge in [-0.15, -0.1) is 0 Å². The molecule has 2 N–H and O–H groups in total. The van der Waals surface area contributed by atoms with E-state index in [9.17, 15) is 4.79 Å². The maximum absolute atomic E-state index is 11.5. The van der Waals surface area contributed by atoms with Crippen molar-refractivity contribution < 1.29 is 9.53 Å². The van der Waals surface area contributed by atoms with Crippen LogP contribution in [-0.4, -0.2) is 42.7 Å². The van der Waals surface area contributed by atoms with Crippen molar-refractivity contribution in [1.29, 1.82) is 0 Å². The smallest absolute Gasteiger partial charge is 0.271 e. The number of carbonyl (C=O) groups is 1. The fourth-order valence-corrected chi connectivity index (χ4v) is 1.05. The number of rotatable bonds is 6. The Labute approximate surface area is 94.4 Å². The van der Waals surface area contributed by atoms with E-state index in [2.05, 4.69) is 20.6 Å². The maximum Gasteiger partial charge on any atom is 0.271 e. The SMILES string of the molecule is CCOCCNC(=O)c1cnc(NC)cn1. The number of nitrogens with one attached hydrogen (secondary N) is 2. The molecular weight excluding hydrogens is 208 g/mol. The molecule has 0 aromatic carbocycles. The van der Waals surface area contributed by atoms with Gasteiger partial charge in [-0.3, -0.25) is 4.79 Å². The molecule has 0 fully saturated rings. The first-order valence-corrected chi connectivity index (χ1v) is 5.13. The van der Waals surface area contributed by atoms with Gasteiger partial charge in [-0.2, -0.15) is 0 Å². The second kappa shape index (κ2) is 6.73. The van der Waals surface area contributed by atoms with Crippen molar-refractivity contribution >= 4 is 11.7 Å². The summed E-state index contributed by atoms with van der Waals surface area (Å²) in [7, 11) is 1.74. The molecule has 1 rings (SSSR count). The molecular formula is C10H16N4O2. The summed E-state index contributed by atoms with van der Waals surface area (Å²) < 4.78 is 5.10. The lowest BCUT2D eigenvalue weighted by atomic mass is 10.4. The Balaban J connectivity index is 2.40. The highest BCUT2D eigenvalue weighted by Gasteiger charge is 2.06. The van der Waals surface area contributed by atoms with Gasteiger partial charge in [0.25, 0.3) is 5.91 Å². The van der Waals surface area contributed by atoms with E-state index in [-0.39, 0.29) is 5.91 Å². The topological polar surface area (TPSA) is 76.1 Å². The van der Waals surface area contributed by atoms with Gasteiger partial charge in [-0.1, -0.05) is 0 Å². The zero-order valence-electron chi connectivity index (χ0n) is 9.49. The van der Waals surface area contributed by atoms with Crippen molar-refractivity contribution in [3.63, 3.8) is 0 Å². The maximum atomic E-state index is 11.5. The van der Waals surface area contributed by atoms with Crippen LogP contribution in [0, 0.1) is 0 Å². The molecule has 16 heavy (non-hydrogen) atoms.